The molecule has 1 N–H and O–H groups in total. The van der Waals surface area contributed by atoms with Crippen molar-refractivity contribution < 1.29 is 0 Å². The molecule has 0 fully saturated rings. The Balaban J connectivity index is 2.38. The quantitative estimate of drug-likeness (QED) is 0.814. The number of nitrogens with zero attached hydrogens (tertiary/aromatic N) is 1. The minimum atomic E-state index is 0.105. The van der Waals surface area contributed by atoms with E-state index in [9.17, 15) is 0 Å². The molecule has 0 heterocycles. The third kappa shape index (κ3) is 4.80. The van der Waals surface area contributed by atoms with Crippen molar-refractivity contribution in [3.8, 4) is 6.07 Å². The van der Waals surface area contributed by atoms with Crippen LogP contribution in [0.4, 0.5) is 0 Å². The molecule has 2 nitrogen and oxygen atoms in total. The normalized spacial score (nSPS) is 12.4. The van der Waals surface area contributed by atoms with E-state index >= 15 is 0 Å². The summed E-state index contributed by atoms with van der Waals surface area (Å²) in [5.41, 5.74) is 2.68. The minimum absolute atomic E-state index is 0.105. The maximum absolute atomic E-state index is 9.00. The number of halogens is 1. The molecule has 18 heavy (non-hydrogen) atoms. The summed E-state index contributed by atoms with van der Waals surface area (Å²) in [5, 5.41) is 12.4. The van der Waals surface area contributed by atoms with Gasteiger partial charge in [-0.15, -0.1) is 0 Å². The summed E-state index contributed by atoms with van der Waals surface area (Å²) in [5.74, 6) is 0.517. The zero-order valence-corrected chi connectivity index (χ0v) is 12.9. The van der Waals surface area contributed by atoms with Crippen LogP contribution in [0.25, 0.3) is 0 Å². The summed E-state index contributed by atoms with van der Waals surface area (Å²) in [6.07, 6.45) is 1.00. The highest BCUT2D eigenvalue weighted by atomic mass is 79.9. The van der Waals surface area contributed by atoms with Gasteiger partial charge in [0.15, 0.2) is 0 Å². The first-order chi connectivity index (χ1) is 8.54. The van der Waals surface area contributed by atoms with Crippen molar-refractivity contribution in [2.24, 2.45) is 11.8 Å². The Morgan fingerprint density at radius 3 is 2.72 bits per heavy atom. The molecule has 0 aliphatic rings. The van der Waals surface area contributed by atoms with Crippen molar-refractivity contribution in [1.82, 2.24) is 5.32 Å². The third-order valence-corrected chi connectivity index (χ3v) is 3.71. The molecular formula is C15H21BrN2. The van der Waals surface area contributed by atoms with Crippen LogP contribution in [0, 0.1) is 30.1 Å². The van der Waals surface area contributed by atoms with E-state index in [1.807, 2.05) is 0 Å². The third-order valence-electron chi connectivity index (χ3n) is 3.22. The largest absolute Gasteiger partial charge is 0.315 e. The lowest BCUT2D eigenvalue weighted by Crippen LogP contribution is -2.27. The molecule has 0 saturated carbocycles. The van der Waals surface area contributed by atoms with Crippen molar-refractivity contribution in [2.45, 2.75) is 27.2 Å². The van der Waals surface area contributed by atoms with Crippen LogP contribution in [0.5, 0.6) is 0 Å². The van der Waals surface area contributed by atoms with Crippen molar-refractivity contribution in [3.63, 3.8) is 0 Å². The van der Waals surface area contributed by atoms with E-state index in [1.54, 1.807) is 0 Å². The summed E-state index contributed by atoms with van der Waals surface area (Å²) in [4.78, 5) is 0. The number of rotatable bonds is 6. The molecule has 1 rings (SSSR count). The second-order valence-corrected chi connectivity index (χ2v) is 5.92. The summed E-state index contributed by atoms with van der Waals surface area (Å²) >= 11 is 3.50. The van der Waals surface area contributed by atoms with Gasteiger partial charge in [-0.3, -0.25) is 0 Å². The summed E-state index contributed by atoms with van der Waals surface area (Å²) in [6.45, 7) is 8.01. The van der Waals surface area contributed by atoms with Crippen LogP contribution in [0.1, 0.15) is 25.0 Å². The number of nitriles is 1. The van der Waals surface area contributed by atoms with Gasteiger partial charge in [0.05, 0.1) is 12.0 Å². The van der Waals surface area contributed by atoms with Crippen molar-refractivity contribution in [2.75, 3.05) is 13.1 Å². The highest BCUT2D eigenvalue weighted by Gasteiger charge is 2.11. The molecule has 0 radical (unpaired) electrons. The average molecular weight is 309 g/mol. The SMILES string of the molecule is Cc1ccc(Br)cc1CCNCC(C#N)C(C)C. The smallest absolute Gasteiger partial charge is 0.0671 e. The molecule has 0 saturated heterocycles. The molecule has 1 atom stereocenters. The molecule has 1 aromatic carbocycles. The van der Waals surface area contributed by atoms with Crippen LogP contribution in [0.15, 0.2) is 22.7 Å². The molecule has 1 aromatic rings. The van der Waals surface area contributed by atoms with Crippen LogP contribution in [-0.4, -0.2) is 13.1 Å². The summed E-state index contributed by atoms with van der Waals surface area (Å²) < 4.78 is 1.13. The van der Waals surface area contributed by atoms with E-state index in [4.69, 9.17) is 5.26 Å². The Bertz CT molecular complexity index is 421. The maximum Gasteiger partial charge on any atom is 0.0671 e. The van der Waals surface area contributed by atoms with Crippen molar-refractivity contribution >= 4 is 15.9 Å². The minimum Gasteiger partial charge on any atom is -0.315 e. The van der Waals surface area contributed by atoms with Crippen molar-refractivity contribution in [3.05, 3.63) is 33.8 Å². The van der Waals surface area contributed by atoms with Gasteiger partial charge in [0.2, 0.25) is 0 Å². The summed E-state index contributed by atoms with van der Waals surface area (Å²) in [7, 11) is 0. The van der Waals surface area contributed by atoms with E-state index in [0.717, 1.165) is 24.0 Å². The highest BCUT2D eigenvalue weighted by molar-refractivity contribution is 9.10. The first-order valence-electron chi connectivity index (χ1n) is 6.40. The molecular weight excluding hydrogens is 288 g/mol. The van der Waals surface area contributed by atoms with E-state index in [2.05, 4.69) is 66.3 Å². The van der Waals surface area contributed by atoms with Crippen LogP contribution >= 0.6 is 15.9 Å². The Morgan fingerprint density at radius 1 is 1.39 bits per heavy atom. The molecule has 0 aromatic heterocycles. The molecule has 0 aliphatic heterocycles. The average Bonchev–Trinajstić information content (AvgIpc) is 2.33. The summed E-state index contributed by atoms with van der Waals surface area (Å²) in [6, 6.07) is 8.72. The monoisotopic (exact) mass is 308 g/mol. The first kappa shape index (κ1) is 15.2. The predicted molar refractivity (Wildman–Crippen MR) is 79.4 cm³/mol. The Kier molecular flexibility index (Phi) is 6.38. The van der Waals surface area contributed by atoms with Gasteiger partial charge in [0.1, 0.15) is 0 Å². The predicted octanol–water partition coefficient (Wildman–Crippen LogP) is 3.69. The number of benzene rings is 1. The lowest BCUT2D eigenvalue weighted by Gasteiger charge is -2.14. The lowest BCUT2D eigenvalue weighted by molar-refractivity contribution is 0.444. The Morgan fingerprint density at radius 2 is 2.11 bits per heavy atom. The molecule has 1 unspecified atom stereocenters. The van der Waals surface area contributed by atoms with Crippen LogP contribution in [0.3, 0.4) is 0 Å². The molecule has 98 valence electrons. The van der Waals surface area contributed by atoms with Gasteiger partial charge in [-0.1, -0.05) is 35.8 Å². The van der Waals surface area contributed by atoms with Gasteiger partial charge in [-0.25, -0.2) is 0 Å². The highest BCUT2D eigenvalue weighted by Crippen LogP contribution is 2.16. The number of nitrogens with one attached hydrogen (secondary N) is 1. The fourth-order valence-corrected chi connectivity index (χ4v) is 2.23. The van der Waals surface area contributed by atoms with Crippen molar-refractivity contribution in [1.29, 1.82) is 5.26 Å². The lowest BCUT2D eigenvalue weighted by atomic mass is 9.97. The zero-order chi connectivity index (χ0) is 13.5. The zero-order valence-electron chi connectivity index (χ0n) is 11.3. The topological polar surface area (TPSA) is 35.8 Å². The maximum atomic E-state index is 9.00. The molecule has 0 bridgehead atoms. The van der Waals surface area contributed by atoms with Gasteiger partial charge >= 0.3 is 0 Å². The van der Waals surface area contributed by atoms with Crippen LogP contribution < -0.4 is 5.32 Å². The van der Waals surface area contributed by atoms with E-state index in [-0.39, 0.29) is 5.92 Å². The fourth-order valence-electron chi connectivity index (χ4n) is 1.82. The van der Waals surface area contributed by atoms with E-state index < -0.39 is 0 Å². The Labute approximate surface area is 119 Å². The van der Waals surface area contributed by atoms with Gasteiger partial charge in [0.25, 0.3) is 0 Å². The molecule has 0 spiro atoms. The van der Waals surface area contributed by atoms with Crippen LogP contribution in [-0.2, 0) is 6.42 Å². The molecule has 3 heteroatoms. The molecule has 0 amide bonds. The van der Waals surface area contributed by atoms with E-state index in [0.29, 0.717) is 5.92 Å². The second-order valence-electron chi connectivity index (χ2n) is 5.00. The second kappa shape index (κ2) is 7.56. The van der Waals surface area contributed by atoms with Crippen LogP contribution in [0.2, 0.25) is 0 Å². The van der Waals surface area contributed by atoms with Gasteiger partial charge in [0, 0.05) is 11.0 Å². The van der Waals surface area contributed by atoms with Gasteiger partial charge in [-0.2, -0.15) is 5.26 Å². The number of hydrogen-bond donors (Lipinski definition) is 1. The standard InChI is InChI=1S/C15H21BrN2/c1-11(2)14(9-17)10-18-7-6-13-8-15(16)5-4-12(13)3/h4-5,8,11,14,18H,6-7,10H2,1-3H3. The fraction of sp³-hybridized carbons (Fsp3) is 0.533. The Hall–Kier alpha value is -0.850. The van der Waals surface area contributed by atoms with E-state index in [1.165, 1.54) is 11.1 Å². The number of aryl methyl sites for hydroxylation is 1. The van der Waals surface area contributed by atoms with Gasteiger partial charge in [-0.05, 0) is 49.1 Å². The first-order valence-corrected chi connectivity index (χ1v) is 7.19. The number of hydrogen-bond acceptors (Lipinski definition) is 2. The van der Waals surface area contributed by atoms with Gasteiger partial charge < -0.3 is 5.32 Å². The molecule has 0 aliphatic carbocycles.